The van der Waals surface area contributed by atoms with Gasteiger partial charge >= 0.3 is 0 Å². The highest BCUT2D eigenvalue weighted by Gasteiger charge is 2.24. The fourth-order valence-corrected chi connectivity index (χ4v) is 3.46. The number of aromatic nitrogens is 2. The number of para-hydroxylation sites is 2. The lowest BCUT2D eigenvalue weighted by atomic mass is 10.2. The van der Waals surface area contributed by atoms with Gasteiger partial charge in [0.1, 0.15) is 17.3 Å². The molecule has 2 N–H and O–H groups in total. The molecule has 1 aliphatic heterocycles. The van der Waals surface area contributed by atoms with Crippen LogP contribution in [0.2, 0.25) is 0 Å². The molecule has 7 nitrogen and oxygen atoms in total. The predicted octanol–water partition coefficient (Wildman–Crippen LogP) is 1.56. The normalized spacial score (nSPS) is 15.5. The van der Waals surface area contributed by atoms with E-state index in [0.29, 0.717) is 24.1 Å². The maximum absolute atomic E-state index is 10.0. The van der Waals surface area contributed by atoms with Gasteiger partial charge in [-0.2, -0.15) is 0 Å². The summed E-state index contributed by atoms with van der Waals surface area (Å²) < 4.78 is 11.4. The van der Waals surface area contributed by atoms with E-state index in [1.165, 1.54) is 4.90 Å². The van der Waals surface area contributed by atoms with Crippen LogP contribution in [0.4, 0.5) is 5.69 Å². The molecule has 0 saturated carbocycles. The number of hydrogen-bond acceptors (Lipinski definition) is 6. The molecule has 0 aliphatic carbocycles. The van der Waals surface area contributed by atoms with E-state index in [1.807, 2.05) is 38.1 Å². The highest BCUT2D eigenvalue weighted by Crippen LogP contribution is 2.26. The second kappa shape index (κ2) is 6.84. The molecule has 1 fully saturated rings. The number of rotatable bonds is 4. The van der Waals surface area contributed by atoms with E-state index in [2.05, 4.69) is 15.1 Å². The van der Waals surface area contributed by atoms with Gasteiger partial charge < -0.3 is 23.7 Å². The first kappa shape index (κ1) is 16.7. The standard InChI is InChI=1S/C19H22N4O3/c1-13-11-15(14(2)25-13)19-21-20-18(26-19)12-22-7-9-23(10-8-22)16-5-3-4-6-17(16)24/h3-6,11,24H,7-10,12H2,1-2H3/p+1. The van der Waals surface area contributed by atoms with Crippen LogP contribution in [-0.2, 0) is 6.54 Å². The van der Waals surface area contributed by atoms with E-state index in [1.54, 1.807) is 6.07 Å². The number of nitrogens with zero attached hydrogens (tertiary/aromatic N) is 3. The van der Waals surface area contributed by atoms with Crippen LogP contribution >= 0.6 is 0 Å². The molecule has 4 rings (SSSR count). The summed E-state index contributed by atoms with van der Waals surface area (Å²) >= 11 is 0. The zero-order chi connectivity index (χ0) is 18.1. The molecule has 0 spiro atoms. The molecule has 0 bridgehead atoms. The first-order valence-corrected chi connectivity index (χ1v) is 8.86. The molecule has 0 amide bonds. The summed E-state index contributed by atoms with van der Waals surface area (Å²) in [5.41, 5.74) is 1.76. The van der Waals surface area contributed by atoms with Crippen LogP contribution in [0.5, 0.6) is 5.75 Å². The van der Waals surface area contributed by atoms with Crippen LogP contribution < -0.4 is 9.80 Å². The Bertz CT molecular complexity index is 894. The van der Waals surface area contributed by atoms with E-state index in [9.17, 15) is 5.11 Å². The van der Waals surface area contributed by atoms with Crippen LogP contribution in [0, 0.1) is 13.8 Å². The molecule has 0 atom stereocenters. The Balaban J connectivity index is 1.38. The smallest absolute Gasteiger partial charge is 0.271 e. The number of phenols is 1. The van der Waals surface area contributed by atoms with Gasteiger partial charge in [0, 0.05) is 0 Å². The molecule has 1 aliphatic rings. The van der Waals surface area contributed by atoms with Gasteiger partial charge in [-0.25, -0.2) is 0 Å². The van der Waals surface area contributed by atoms with E-state index in [4.69, 9.17) is 8.83 Å². The fourth-order valence-electron chi connectivity index (χ4n) is 3.46. The number of nitrogens with one attached hydrogen (secondary N) is 1. The fraction of sp³-hybridized carbons (Fsp3) is 0.368. The number of piperazine rings is 1. The molecule has 3 aromatic rings. The number of phenolic OH excluding ortho intramolecular Hbond substituents is 1. The van der Waals surface area contributed by atoms with Crippen LogP contribution in [-0.4, -0.2) is 41.5 Å². The third-order valence-corrected chi connectivity index (χ3v) is 4.83. The summed E-state index contributed by atoms with van der Waals surface area (Å²) in [5, 5.41) is 18.4. The molecule has 7 heteroatoms. The zero-order valence-electron chi connectivity index (χ0n) is 15.0. The Kier molecular flexibility index (Phi) is 4.38. The third-order valence-electron chi connectivity index (χ3n) is 4.83. The van der Waals surface area contributed by atoms with Gasteiger partial charge in [-0.1, -0.05) is 12.1 Å². The van der Waals surface area contributed by atoms with Gasteiger partial charge in [-0.3, -0.25) is 0 Å². The molecule has 3 heterocycles. The Morgan fingerprint density at radius 3 is 2.58 bits per heavy atom. The highest BCUT2D eigenvalue weighted by molar-refractivity contribution is 5.57. The van der Waals surface area contributed by atoms with Gasteiger partial charge in [0.25, 0.3) is 11.8 Å². The molecule has 0 unspecified atom stereocenters. The molecular formula is C19H23N4O3+. The molecule has 2 aromatic heterocycles. The Morgan fingerprint density at radius 1 is 1.12 bits per heavy atom. The van der Waals surface area contributed by atoms with Gasteiger partial charge in [-0.15, -0.1) is 10.2 Å². The van der Waals surface area contributed by atoms with Crippen LogP contribution in [0.1, 0.15) is 17.4 Å². The van der Waals surface area contributed by atoms with Crippen molar-refractivity contribution in [1.29, 1.82) is 0 Å². The van der Waals surface area contributed by atoms with Crippen LogP contribution in [0.3, 0.4) is 0 Å². The first-order valence-electron chi connectivity index (χ1n) is 8.86. The first-order chi connectivity index (χ1) is 12.6. The maximum Gasteiger partial charge on any atom is 0.271 e. The molecule has 1 aromatic carbocycles. The Hall–Kier alpha value is -2.80. The van der Waals surface area contributed by atoms with Crippen molar-refractivity contribution >= 4 is 5.69 Å². The number of anilines is 1. The van der Waals surface area contributed by atoms with Crippen molar-refractivity contribution in [3.8, 4) is 17.2 Å². The van der Waals surface area contributed by atoms with Crippen molar-refractivity contribution < 1.29 is 18.8 Å². The lowest BCUT2D eigenvalue weighted by Gasteiger charge is -2.33. The number of benzene rings is 1. The largest absolute Gasteiger partial charge is 0.506 e. The average Bonchev–Trinajstić information content (AvgIpc) is 3.22. The Labute approximate surface area is 151 Å². The van der Waals surface area contributed by atoms with E-state index >= 15 is 0 Å². The average molecular weight is 355 g/mol. The van der Waals surface area contributed by atoms with E-state index < -0.39 is 0 Å². The number of aryl methyl sites for hydroxylation is 2. The van der Waals surface area contributed by atoms with Crippen molar-refractivity contribution in [2.24, 2.45) is 0 Å². The van der Waals surface area contributed by atoms with Crippen molar-refractivity contribution in [1.82, 2.24) is 10.2 Å². The van der Waals surface area contributed by atoms with E-state index in [0.717, 1.165) is 49.0 Å². The second-order valence-electron chi connectivity index (χ2n) is 6.73. The third kappa shape index (κ3) is 3.30. The lowest BCUT2D eigenvalue weighted by Crippen LogP contribution is -3.13. The summed E-state index contributed by atoms with van der Waals surface area (Å²) in [6, 6.07) is 9.41. The molecule has 26 heavy (non-hydrogen) atoms. The summed E-state index contributed by atoms with van der Waals surface area (Å²) in [6.07, 6.45) is 0. The molecule has 136 valence electrons. The maximum atomic E-state index is 10.0. The van der Waals surface area contributed by atoms with Crippen molar-refractivity contribution in [3.63, 3.8) is 0 Å². The quantitative estimate of drug-likeness (QED) is 0.739. The number of furan rings is 1. The van der Waals surface area contributed by atoms with Gasteiger partial charge in [-0.05, 0) is 32.0 Å². The van der Waals surface area contributed by atoms with Gasteiger partial charge in [0.2, 0.25) is 0 Å². The minimum atomic E-state index is 0.336. The van der Waals surface area contributed by atoms with Crippen LogP contribution in [0.25, 0.3) is 11.5 Å². The summed E-state index contributed by atoms with van der Waals surface area (Å²) in [4.78, 5) is 3.61. The molecule has 0 radical (unpaired) electrons. The zero-order valence-corrected chi connectivity index (χ0v) is 15.0. The molecule has 1 saturated heterocycles. The number of quaternary nitrogens is 1. The predicted molar refractivity (Wildman–Crippen MR) is 96.2 cm³/mol. The lowest BCUT2D eigenvalue weighted by molar-refractivity contribution is -0.915. The van der Waals surface area contributed by atoms with Gasteiger partial charge in [0.05, 0.1) is 37.4 Å². The van der Waals surface area contributed by atoms with Crippen molar-refractivity contribution in [2.75, 3.05) is 31.1 Å². The minimum Gasteiger partial charge on any atom is -0.506 e. The van der Waals surface area contributed by atoms with Crippen LogP contribution in [0.15, 0.2) is 39.2 Å². The second-order valence-corrected chi connectivity index (χ2v) is 6.73. The highest BCUT2D eigenvalue weighted by atomic mass is 16.4. The topological polar surface area (TPSA) is 80.0 Å². The number of aromatic hydroxyl groups is 1. The summed E-state index contributed by atoms with van der Waals surface area (Å²) in [7, 11) is 0. The SMILES string of the molecule is Cc1cc(-c2nnc(C[NH+]3CCN(c4ccccc4O)CC3)o2)c(C)o1. The monoisotopic (exact) mass is 355 g/mol. The minimum absolute atomic E-state index is 0.336. The number of hydrogen-bond donors (Lipinski definition) is 2. The van der Waals surface area contributed by atoms with Crippen molar-refractivity contribution in [3.05, 3.63) is 47.7 Å². The van der Waals surface area contributed by atoms with E-state index in [-0.39, 0.29) is 0 Å². The van der Waals surface area contributed by atoms with Gasteiger partial charge in [0.15, 0.2) is 6.54 Å². The summed E-state index contributed by atoms with van der Waals surface area (Å²) in [6.45, 7) is 8.18. The molecular weight excluding hydrogens is 332 g/mol. The summed E-state index contributed by atoms with van der Waals surface area (Å²) in [5.74, 6) is 3.12. The Morgan fingerprint density at radius 2 is 1.88 bits per heavy atom. The van der Waals surface area contributed by atoms with Crippen molar-refractivity contribution in [2.45, 2.75) is 20.4 Å².